The monoisotopic (exact) mass is 260 g/mol. The minimum atomic E-state index is 0.526. The first-order valence-corrected chi connectivity index (χ1v) is 5.95. The third kappa shape index (κ3) is 1.82. The van der Waals surface area contributed by atoms with Crippen molar-refractivity contribution in [3.63, 3.8) is 0 Å². The van der Waals surface area contributed by atoms with Crippen molar-refractivity contribution in [2.75, 3.05) is 0 Å². The topological polar surface area (TPSA) is 15.8 Å². The summed E-state index contributed by atoms with van der Waals surface area (Å²) in [6, 6.07) is 14.7. The van der Waals surface area contributed by atoms with Crippen LogP contribution in [0.5, 0.6) is 0 Å². The highest BCUT2D eigenvalue weighted by atomic mass is 35.5. The Balaban J connectivity index is 2.27. The van der Waals surface area contributed by atoms with Crippen LogP contribution >= 0.6 is 23.2 Å². The number of aromatic nitrogens is 1. The van der Waals surface area contributed by atoms with E-state index in [2.05, 4.69) is 17.1 Å². The van der Waals surface area contributed by atoms with Gasteiger partial charge in [0, 0.05) is 34.3 Å². The van der Waals surface area contributed by atoms with E-state index in [0.717, 1.165) is 22.0 Å². The van der Waals surface area contributed by atoms with E-state index in [0.29, 0.717) is 10.0 Å². The van der Waals surface area contributed by atoms with E-state index in [4.69, 9.17) is 23.2 Å². The third-order valence-electron chi connectivity index (χ3n) is 2.74. The van der Waals surface area contributed by atoms with Crippen molar-refractivity contribution in [3.8, 4) is 11.1 Å². The lowest BCUT2D eigenvalue weighted by atomic mass is 10.1. The van der Waals surface area contributed by atoms with E-state index >= 15 is 0 Å². The Morgan fingerprint density at radius 2 is 1.76 bits per heavy atom. The number of hydrogen-bond donors (Lipinski definition) is 1. The van der Waals surface area contributed by atoms with Crippen LogP contribution in [0, 0.1) is 6.07 Å². The van der Waals surface area contributed by atoms with Crippen molar-refractivity contribution in [2.45, 2.75) is 0 Å². The van der Waals surface area contributed by atoms with Crippen molar-refractivity contribution in [1.82, 2.24) is 4.98 Å². The number of benzene rings is 2. The van der Waals surface area contributed by atoms with Gasteiger partial charge in [-0.2, -0.15) is 0 Å². The SMILES string of the molecule is Clc1[c]c(Cl)c(-c2c[nH]c3ccccc23)cc1. The molecule has 1 nitrogen and oxygen atoms in total. The molecular formula is C14H8Cl2N. The van der Waals surface area contributed by atoms with Crippen LogP contribution < -0.4 is 0 Å². The van der Waals surface area contributed by atoms with Crippen LogP contribution in [-0.2, 0) is 0 Å². The summed E-state index contributed by atoms with van der Waals surface area (Å²) in [4.78, 5) is 3.22. The Morgan fingerprint density at radius 3 is 2.59 bits per heavy atom. The fraction of sp³-hybridized carbons (Fsp3) is 0. The Morgan fingerprint density at radius 1 is 0.941 bits per heavy atom. The Kier molecular flexibility index (Phi) is 2.58. The predicted molar refractivity (Wildman–Crippen MR) is 72.6 cm³/mol. The summed E-state index contributed by atoms with van der Waals surface area (Å²) in [7, 11) is 0. The van der Waals surface area contributed by atoms with Gasteiger partial charge in [-0.15, -0.1) is 0 Å². The molecule has 0 saturated heterocycles. The van der Waals surface area contributed by atoms with Gasteiger partial charge in [-0.1, -0.05) is 47.5 Å². The molecule has 0 aliphatic rings. The molecule has 0 aliphatic carbocycles. The predicted octanol–water partition coefficient (Wildman–Crippen LogP) is 4.94. The molecule has 0 saturated carbocycles. The smallest absolute Gasteiger partial charge is 0.0579 e. The summed E-state index contributed by atoms with van der Waals surface area (Å²) in [5.41, 5.74) is 3.10. The standard InChI is InChI=1S/C14H8Cl2N/c15-9-5-6-10(13(16)7-9)12-8-17-14-4-2-1-3-11(12)14/h1-6,8,17H. The number of halogens is 2. The lowest BCUT2D eigenvalue weighted by Gasteiger charge is -2.02. The molecule has 1 heterocycles. The maximum atomic E-state index is 6.17. The van der Waals surface area contributed by atoms with Gasteiger partial charge in [-0.05, 0) is 12.1 Å². The average molecular weight is 261 g/mol. The number of aromatic amines is 1. The Bertz CT molecular complexity index is 686. The first-order valence-electron chi connectivity index (χ1n) is 5.19. The molecular weight excluding hydrogens is 253 g/mol. The molecule has 83 valence electrons. The van der Waals surface area contributed by atoms with Crippen LogP contribution in [0.4, 0.5) is 0 Å². The lowest BCUT2D eigenvalue weighted by Crippen LogP contribution is -1.78. The molecule has 2 aromatic carbocycles. The maximum absolute atomic E-state index is 6.17. The van der Waals surface area contributed by atoms with Crippen LogP contribution in [0.3, 0.4) is 0 Å². The molecule has 0 atom stereocenters. The third-order valence-corrected chi connectivity index (χ3v) is 3.26. The van der Waals surface area contributed by atoms with Gasteiger partial charge in [0.1, 0.15) is 0 Å². The van der Waals surface area contributed by atoms with Crippen molar-refractivity contribution in [3.05, 3.63) is 58.7 Å². The fourth-order valence-electron chi connectivity index (χ4n) is 1.95. The van der Waals surface area contributed by atoms with Crippen LogP contribution in [0.25, 0.3) is 22.0 Å². The molecule has 3 aromatic rings. The molecule has 1 radical (unpaired) electrons. The highest BCUT2D eigenvalue weighted by Crippen LogP contribution is 2.34. The summed E-state index contributed by atoms with van der Waals surface area (Å²) >= 11 is 12.0. The van der Waals surface area contributed by atoms with Gasteiger partial charge in [0.25, 0.3) is 0 Å². The van der Waals surface area contributed by atoms with Crippen LogP contribution in [0.1, 0.15) is 0 Å². The van der Waals surface area contributed by atoms with Crippen molar-refractivity contribution in [2.24, 2.45) is 0 Å². The van der Waals surface area contributed by atoms with Gasteiger partial charge in [0.15, 0.2) is 0 Å². The van der Waals surface area contributed by atoms with Crippen molar-refractivity contribution < 1.29 is 0 Å². The summed E-state index contributed by atoms with van der Waals surface area (Å²) in [6.07, 6.45) is 1.95. The Hall–Kier alpha value is -1.44. The molecule has 1 aromatic heterocycles. The van der Waals surface area contributed by atoms with Gasteiger partial charge in [-0.3, -0.25) is 0 Å². The van der Waals surface area contributed by atoms with E-state index in [9.17, 15) is 0 Å². The summed E-state index contributed by atoms with van der Waals surface area (Å²) in [5, 5.41) is 2.21. The fourth-order valence-corrected chi connectivity index (χ4v) is 2.42. The molecule has 17 heavy (non-hydrogen) atoms. The van der Waals surface area contributed by atoms with Gasteiger partial charge < -0.3 is 4.98 Å². The van der Waals surface area contributed by atoms with Gasteiger partial charge in [-0.25, -0.2) is 0 Å². The molecule has 1 N–H and O–H groups in total. The zero-order chi connectivity index (χ0) is 11.8. The second-order valence-corrected chi connectivity index (χ2v) is 4.57. The van der Waals surface area contributed by atoms with E-state index in [1.165, 1.54) is 0 Å². The minimum absolute atomic E-state index is 0.526. The van der Waals surface area contributed by atoms with Crippen LogP contribution in [0.15, 0.2) is 42.6 Å². The van der Waals surface area contributed by atoms with Crippen LogP contribution in [-0.4, -0.2) is 4.98 Å². The minimum Gasteiger partial charge on any atom is -0.361 e. The number of rotatable bonds is 1. The second-order valence-electron chi connectivity index (χ2n) is 3.78. The quantitative estimate of drug-likeness (QED) is 0.638. The van der Waals surface area contributed by atoms with E-state index in [1.807, 2.05) is 30.5 Å². The molecule has 0 aliphatic heterocycles. The highest BCUT2D eigenvalue weighted by Gasteiger charge is 2.09. The van der Waals surface area contributed by atoms with E-state index < -0.39 is 0 Å². The molecule has 0 unspecified atom stereocenters. The molecule has 3 rings (SSSR count). The first-order chi connectivity index (χ1) is 8.25. The largest absolute Gasteiger partial charge is 0.361 e. The zero-order valence-corrected chi connectivity index (χ0v) is 10.3. The summed E-state index contributed by atoms with van der Waals surface area (Å²) in [5.74, 6) is 0. The first kappa shape index (κ1) is 10.7. The highest BCUT2D eigenvalue weighted by molar-refractivity contribution is 6.36. The number of para-hydroxylation sites is 1. The van der Waals surface area contributed by atoms with E-state index in [1.54, 1.807) is 6.07 Å². The average Bonchev–Trinajstić information content (AvgIpc) is 2.73. The number of fused-ring (bicyclic) bond motifs is 1. The zero-order valence-electron chi connectivity index (χ0n) is 8.80. The summed E-state index contributed by atoms with van der Waals surface area (Å²) < 4.78 is 0. The normalized spacial score (nSPS) is 10.9. The number of nitrogens with one attached hydrogen (secondary N) is 1. The Labute approximate surface area is 109 Å². The molecule has 3 heteroatoms. The number of hydrogen-bond acceptors (Lipinski definition) is 0. The van der Waals surface area contributed by atoms with Gasteiger partial charge in [0.05, 0.1) is 10.0 Å². The number of H-pyrrole nitrogens is 1. The summed E-state index contributed by atoms with van der Waals surface area (Å²) in [6.45, 7) is 0. The van der Waals surface area contributed by atoms with Gasteiger partial charge in [0.2, 0.25) is 0 Å². The second kappa shape index (κ2) is 4.10. The van der Waals surface area contributed by atoms with Gasteiger partial charge >= 0.3 is 0 Å². The van der Waals surface area contributed by atoms with Crippen molar-refractivity contribution in [1.29, 1.82) is 0 Å². The molecule has 0 fully saturated rings. The van der Waals surface area contributed by atoms with Crippen LogP contribution in [0.2, 0.25) is 10.0 Å². The maximum Gasteiger partial charge on any atom is 0.0579 e. The molecule has 0 amide bonds. The molecule has 0 bridgehead atoms. The lowest BCUT2D eigenvalue weighted by molar-refractivity contribution is 1.47. The molecule has 0 spiro atoms. The van der Waals surface area contributed by atoms with E-state index in [-0.39, 0.29) is 0 Å². The van der Waals surface area contributed by atoms with Crippen molar-refractivity contribution >= 4 is 34.1 Å².